The van der Waals surface area contributed by atoms with Gasteiger partial charge in [0, 0.05) is 12.0 Å². The number of carbonyl (C=O) groups is 4. The summed E-state index contributed by atoms with van der Waals surface area (Å²) in [5, 5.41) is 9.40. The van der Waals surface area contributed by atoms with E-state index >= 15 is 0 Å². The summed E-state index contributed by atoms with van der Waals surface area (Å²) in [4.78, 5) is 48.7. The van der Waals surface area contributed by atoms with Gasteiger partial charge in [-0.05, 0) is 18.1 Å². The van der Waals surface area contributed by atoms with E-state index in [1.165, 1.54) is 0 Å². The SMILES string of the molecule is O=C1CCC(N2C(=O)Cc3ccccc3C2=O)C(=O)N1O. The fraction of sp³-hybridized carbons (Fsp3) is 0.286. The van der Waals surface area contributed by atoms with Gasteiger partial charge in [0.15, 0.2) is 0 Å². The van der Waals surface area contributed by atoms with Crippen LogP contribution >= 0.6 is 0 Å². The Bertz CT molecular complexity index is 669. The molecule has 2 aliphatic rings. The second kappa shape index (κ2) is 4.78. The van der Waals surface area contributed by atoms with E-state index in [0.29, 0.717) is 11.1 Å². The van der Waals surface area contributed by atoms with Gasteiger partial charge in [0.1, 0.15) is 6.04 Å². The van der Waals surface area contributed by atoms with E-state index in [1.807, 2.05) is 0 Å². The number of nitrogens with zero attached hydrogens (tertiary/aromatic N) is 2. The second-order valence-corrected chi connectivity index (χ2v) is 5.00. The number of fused-ring (bicyclic) bond motifs is 1. The largest absolute Gasteiger partial charge is 0.278 e. The maximum Gasteiger partial charge on any atom is 0.276 e. The molecule has 7 heteroatoms. The summed E-state index contributed by atoms with van der Waals surface area (Å²) >= 11 is 0. The molecule has 1 fully saturated rings. The summed E-state index contributed by atoms with van der Waals surface area (Å²) in [6.07, 6.45) is -0.0367. The summed E-state index contributed by atoms with van der Waals surface area (Å²) in [5.74, 6) is -2.73. The quantitative estimate of drug-likeness (QED) is 0.585. The topological polar surface area (TPSA) is 95.0 Å². The maximum atomic E-state index is 12.4. The Morgan fingerprint density at radius 1 is 1.05 bits per heavy atom. The number of carbonyl (C=O) groups excluding carboxylic acids is 4. The van der Waals surface area contributed by atoms with Crippen LogP contribution in [-0.2, 0) is 20.8 Å². The Kier molecular flexibility index (Phi) is 3.06. The van der Waals surface area contributed by atoms with Crippen molar-refractivity contribution in [3.05, 3.63) is 35.4 Å². The zero-order chi connectivity index (χ0) is 15.1. The number of hydrogen-bond donors (Lipinski definition) is 1. The summed E-state index contributed by atoms with van der Waals surface area (Å²) in [5.41, 5.74) is 0.982. The van der Waals surface area contributed by atoms with Gasteiger partial charge in [0.05, 0.1) is 6.42 Å². The van der Waals surface area contributed by atoms with Crippen LogP contribution in [0.1, 0.15) is 28.8 Å². The van der Waals surface area contributed by atoms with Gasteiger partial charge in [0.25, 0.3) is 17.7 Å². The highest BCUT2D eigenvalue weighted by molar-refractivity contribution is 6.13. The Labute approximate surface area is 119 Å². The number of hydroxylamine groups is 2. The van der Waals surface area contributed by atoms with E-state index in [9.17, 15) is 24.4 Å². The zero-order valence-corrected chi connectivity index (χ0v) is 11.0. The van der Waals surface area contributed by atoms with Gasteiger partial charge < -0.3 is 0 Å². The molecule has 21 heavy (non-hydrogen) atoms. The summed E-state index contributed by atoms with van der Waals surface area (Å²) in [6, 6.07) is 5.56. The maximum absolute atomic E-state index is 12.4. The van der Waals surface area contributed by atoms with Gasteiger partial charge in [0.2, 0.25) is 5.91 Å². The Morgan fingerprint density at radius 2 is 1.76 bits per heavy atom. The molecule has 108 valence electrons. The lowest BCUT2D eigenvalue weighted by molar-refractivity contribution is -0.188. The van der Waals surface area contributed by atoms with Crippen LogP contribution in [-0.4, -0.2) is 44.8 Å². The molecule has 1 N–H and O–H groups in total. The molecule has 3 rings (SSSR count). The van der Waals surface area contributed by atoms with Crippen LogP contribution in [0.15, 0.2) is 24.3 Å². The third-order valence-corrected chi connectivity index (χ3v) is 3.75. The molecule has 0 spiro atoms. The highest BCUT2D eigenvalue weighted by atomic mass is 16.5. The molecule has 1 aromatic rings. The molecule has 4 amide bonds. The minimum absolute atomic E-state index is 0.00473. The highest BCUT2D eigenvalue weighted by Crippen LogP contribution is 2.25. The predicted octanol–water partition coefficient (Wildman–Crippen LogP) is 0.118. The first-order chi connectivity index (χ1) is 10.0. The highest BCUT2D eigenvalue weighted by Gasteiger charge is 2.44. The number of rotatable bonds is 1. The van der Waals surface area contributed by atoms with Gasteiger partial charge in [-0.3, -0.25) is 29.3 Å². The first kappa shape index (κ1) is 13.4. The number of piperidine rings is 1. The van der Waals surface area contributed by atoms with Crippen LogP contribution in [0.5, 0.6) is 0 Å². The van der Waals surface area contributed by atoms with Gasteiger partial charge >= 0.3 is 0 Å². The van der Waals surface area contributed by atoms with Crippen LogP contribution in [0.3, 0.4) is 0 Å². The first-order valence-electron chi connectivity index (χ1n) is 6.50. The molecule has 0 aliphatic carbocycles. The van der Waals surface area contributed by atoms with Crippen LogP contribution in [0, 0.1) is 0 Å². The van der Waals surface area contributed by atoms with E-state index in [4.69, 9.17) is 0 Å². The summed E-state index contributed by atoms with van der Waals surface area (Å²) in [7, 11) is 0. The molecule has 2 heterocycles. The molecule has 0 aromatic heterocycles. The van der Waals surface area contributed by atoms with E-state index in [0.717, 1.165) is 4.90 Å². The lowest BCUT2D eigenvalue weighted by atomic mass is 9.94. The lowest BCUT2D eigenvalue weighted by Gasteiger charge is -2.36. The molecule has 1 saturated heterocycles. The minimum Gasteiger partial charge on any atom is -0.278 e. The number of benzene rings is 1. The second-order valence-electron chi connectivity index (χ2n) is 5.00. The molecule has 1 unspecified atom stereocenters. The fourth-order valence-electron chi connectivity index (χ4n) is 2.68. The van der Waals surface area contributed by atoms with Crippen LogP contribution in [0.25, 0.3) is 0 Å². The van der Waals surface area contributed by atoms with Crippen LogP contribution in [0.2, 0.25) is 0 Å². The van der Waals surface area contributed by atoms with Gasteiger partial charge in [-0.2, -0.15) is 5.06 Å². The van der Waals surface area contributed by atoms with Crippen LogP contribution in [0.4, 0.5) is 0 Å². The predicted molar refractivity (Wildman–Crippen MR) is 68.0 cm³/mol. The molecule has 2 aliphatic heterocycles. The fourth-order valence-corrected chi connectivity index (χ4v) is 2.68. The van der Waals surface area contributed by atoms with Gasteiger partial charge in [-0.1, -0.05) is 18.2 Å². The van der Waals surface area contributed by atoms with E-state index in [2.05, 4.69) is 0 Å². The first-order valence-corrected chi connectivity index (χ1v) is 6.50. The lowest BCUT2D eigenvalue weighted by Crippen LogP contribution is -2.58. The van der Waals surface area contributed by atoms with Gasteiger partial charge in [-0.25, -0.2) is 0 Å². The molecular weight excluding hydrogens is 276 g/mol. The van der Waals surface area contributed by atoms with Crippen molar-refractivity contribution >= 4 is 23.6 Å². The van der Waals surface area contributed by atoms with E-state index in [1.54, 1.807) is 24.3 Å². The Balaban J connectivity index is 1.96. The third kappa shape index (κ3) is 2.02. The monoisotopic (exact) mass is 288 g/mol. The van der Waals surface area contributed by atoms with Crippen molar-refractivity contribution in [2.45, 2.75) is 25.3 Å². The van der Waals surface area contributed by atoms with Crippen molar-refractivity contribution in [3.63, 3.8) is 0 Å². The van der Waals surface area contributed by atoms with Crippen molar-refractivity contribution < 1.29 is 24.4 Å². The summed E-state index contributed by atoms with van der Waals surface area (Å²) in [6.45, 7) is 0. The molecular formula is C14H12N2O5. The van der Waals surface area contributed by atoms with Crippen molar-refractivity contribution in [2.24, 2.45) is 0 Å². The summed E-state index contributed by atoms with van der Waals surface area (Å²) < 4.78 is 0. The average Bonchev–Trinajstić information content (AvgIpc) is 2.47. The standard InChI is InChI=1S/C14H12N2O5/c17-11-6-5-10(14(20)16(11)21)15-12(18)7-8-3-1-2-4-9(8)13(15)19/h1-4,10,21H,5-7H2. The number of imide groups is 2. The Hall–Kier alpha value is -2.54. The van der Waals surface area contributed by atoms with E-state index in [-0.39, 0.29) is 24.3 Å². The van der Waals surface area contributed by atoms with Crippen molar-refractivity contribution in [2.75, 3.05) is 0 Å². The van der Waals surface area contributed by atoms with Crippen molar-refractivity contribution in [3.8, 4) is 0 Å². The molecule has 7 nitrogen and oxygen atoms in total. The molecule has 0 bridgehead atoms. The van der Waals surface area contributed by atoms with Crippen LogP contribution < -0.4 is 0 Å². The molecule has 0 saturated carbocycles. The third-order valence-electron chi connectivity index (χ3n) is 3.75. The Morgan fingerprint density at radius 3 is 2.52 bits per heavy atom. The molecule has 1 atom stereocenters. The normalized spacial score (nSPS) is 22.6. The average molecular weight is 288 g/mol. The van der Waals surface area contributed by atoms with Crippen molar-refractivity contribution in [1.29, 1.82) is 0 Å². The van der Waals surface area contributed by atoms with Crippen molar-refractivity contribution in [1.82, 2.24) is 9.96 Å². The molecule has 1 aromatic carbocycles. The minimum atomic E-state index is -1.12. The molecule has 0 radical (unpaired) electrons. The van der Waals surface area contributed by atoms with E-state index < -0.39 is 29.7 Å². The number of amides is 4. The number of hydrogen-bond acceptors (Lipinski definition) is 5. The van der Waals surface area contributed by atoms with Gasteiger partial charge in [-0.15, -0.1) is 0 Å². The smallest absolute Gasteiger partial charge is 0.276 e. The zero-order valence-electron chi connectivity index (χ0n) is 11.0.